The van der Waals surface area contributed by atoms with Gasteiger partial charge in [-0.15, -0.1) is 0 Å². The van der Waals surface area contributed by atoms with E-state index in [9.17, 15) is 0 Å². The van der Waals surface area contributed by atoms with Gasteiger partial charge in [-0.2, -0.15) is 5.10 Å². The minimum absolute atomic E-state index is 0.0890. The Hall–Kier alpha value is -1.32. The lowest BCUT2D eigenvalue weighted by Crippen LogP contribution is -2.26. The molecule has 0 fully saturated rings. The first kappa shape index (κ1) is 15.1. The molecule has 0 spiro atoms. The summed E-state index contributed by atoms with van der Waals surface area (Å²) in [6, 6.07) is 8.62. The molecule has 1 N–H and O–H groups in total. The molecule has 2 rings (SSSR count). The van der Waals surface area contributed by atoms with E-state index in [1.165, 1.54) is 11.1 Å². The first-order valence-electron chi connectivity index (χ1n) is 7.17. The van der Waals surface area contributed by atoms with Gasteiger partial charge in [0.1, 0.15) is 0 Å². The largest absolute Gasteiger partial charge is 0.305 e. The van der Waals surface area contributed by atoms with E-state index in [0.717, 1.165) is 25.1 Å². The van der Waals surface area contributed by atoms with Crippen molar-refractivity contribution in [1.82, 2.24) is 15.1 Å². The highest BCUT2D eigenvalue weighted by molar-refractivity contribution is 6.31. The molecule has 3 nitrogen and oxygen atoms in total. The summed E-state index contributed by atoms with van der Waals surface area (Å²) < 4.78 is 1.86. The number of aryl methyl sites for hydroxylation is 2. The van der Waals surface area contributed by atoms with Crippen LogP contribution in [-0.2, 0) is 13.5 Å². The van der Waals surface area contributed by atoms with Gasteiger partial charge in [0.25, 0.3) is 0 Å². The molecule has 0 amide bonds. The van der Waals surface area contributed by atoms with E-state index in [0.29, 0.717) is 5.02 Å². The van der Waals surface area contributed by atoms with Gasteiger partial charge in [0.2, 0.25) is 0 Å². The van der Waals surface area contributed by atoms with Gasteiger partial charge in [0.05, 0.1) is 23.0 Å². The molecule has 0 saturated heterocycles. The van der Waals surface area contributed by atoms with Crippen LogP contribution in [-0.4, -0.2) is 16.3 Å². The van der Waals surface area contributed by atoms with Crippen molar-refractivity contribution in [3.05, 3.63) is 52.3 Å². The van der Waals surface area contributed by atoms with Gasteiger partial charge in [0.15, 0.2) is 0 Å². The summed E-state index contributed by atoms with van der Waals surface area (Å²) >= 11 is 6.34. The average Bonchev–Trinajstić information content (AvgIpc) is 2.80. The SMILES string of the molecule is CCCNC(c1ccccc1CC)c1c(Cl)cnn1C. The fraction of sp³-hybridized carbons (Fsp3) is 0.438. The average molecular weight is 292 g/mol. The third-order valence-electron chi connectivity index (χ3n) is 3.56. The molecular weight excluding hydrogens is 270 g/mol. The van der Waals surface area contributed by atoms with Crippen LogP contribution in [0.2, 0.25) is 5.02 Å². The van der Waals surface area contributed by atoms with Gasteiger partial charge in [-0.1, -0.05) is 49.7 Å². The van der Waals surface area contributed by atoms with Crippen LogP contribution in [0.25, 0.3) is 0 Å². The van der Waals surface area contributed by atoms with E-state index in [-0.39, 0.29) is 6.04 Å². The fourth-order valence-electron chi connectivity index (χ4n) is 2.53. The van der Waals surface area contributed by atoms with Crippen molar-refractivity contribution < 1.29 is 0 Å². The van der Waals surface area contributed by atoms with E-state index in [2.05, 4.69) is 48.5 Å². The molecule has 1 aromatic heterocycles. The second-order valence-electron chi connectivity index (χ2n) is 4.94. The molecule has 1 heterocycles. The summed E-state index contributed by atoms with van der Waals surface area (Å²) in [6.07, 6.45) is 3.81. The van der Waals surface area contributed by atoms with Crippen LogP contribution in [0.3, 0.4) is 0 Å². The lowest BCUT2D eigenvalue weighted by atomic mass is 9.96. The number of hydrogen-bond donors (Lipinski definition) is 1. The van der Waals surface area contributed by atoms with Crippen molar-refractivity contribution in [3.8, 4) is 0 Å². The van der Waals surface area contributed by atoms with E-state index in [1.54, 1.807) is 6.20 Å². The first-order chi connectivity index (χ1) is 9.69. The van der Waals surface area contributed by atoms with Crippen molar-refractivity contribution in [3.63, 3.8) is 0 Å². The topological polar surface area (TPSA) is 29.9 Å². The number of halogens is 1. The number of benzene rings is 1. The summed E-state index contributed by atoms with van der Waals surface area (Å²) in [5, 5.41) is 8.58. The Labute approximate surface area is 126 Å². The summed E-state index contributed by atoms with van der Waals surface area (Å²) in [5.41, 5.74) is 3.66. The fourth-order valence-corrected chi connectivity index (χ4v) is 2.80. The summed E-state index contributed by atoms with van der Waals surface area (Å²) in [5.74, 6) is 0. The number of nitrogens with one attached hydrogen (secondary N) is 1. The molecule has 108 valence electrons. The molecule has 20 heavy (non-hydrogen) atoms. The standard InChI is InChI=1S/C16H22ClN3/c1-4-10-18-15(16-14(17)11-19-20(16)3)13-9-7-6-8-12(13)5-2/h6-9,11,15,18H,4-5,10H2,1-3H3. The van der Waals surface area contributed by atoms with Crippen molar-refractivity contribution in [1.29, 1.82) is 0 Å². The zero-order valence-electron chi connectivity index (χ0n) is 12.4. The monoisotopic (exact) mass is 291 g/mol. The van der Waals surface area contributed by atoms with E-state index in [4.69, 9.17) is 11.6 Å². The zero-order valence-corrected chi connectivity index (χ0v) is 13.1. The highest BCUT2D eigenvalue weighted by atomic mass is 35.5. The van der Waals surface area contributed by atoms with Crippen LogP contribution in [0.4, 0.5) is 0 Å². The minimum atomic E-state index is 0.0890. The van der Waals surface area contributed by atoms with Gasteiger partial charge < -0.3 is 5.32 Å². The van der Waals surface area contributed by atoms with E-state index < -0.39 is 0 Å². The predicted molar refractivity (Wildman–Crippen MR) is 84.2 cm³/mol. The Morgan fingerprint density at radius 3 is 2.65 bits per heavy atom. The predicted octanol–water partition coefficient (Wildman–Crippen LogP) is 3.72. The van der Waals surface area contributed by atoms with Crippen molar-refractivity contribution in [2.24, 2.45) is 7.05 Å². The zero-order chi connectivity index (χ0) is 14.5. The van der Waals surface area contributed by atoms with Crippen LogP contribution >= 0.6 is 11.6 Å². The third-order valence-corrected chi connectivity index (χ3v) is 3.85. The van der Waals surface area contributed by atoms with Gasteiger partial charge in [0, 0.05) is 7.05 Å². The Morgan fingerprint density at radius 1 is 1.30 bits per heavy atom. The first-order valence-corrected chi connectivity index (χ1v) is 7.55. The molecule has 0 bridgehead atoms. The molecule has 1 unspecified atom stereocenters. The van der Waals surface area contributed by atoms with Crippen molar-refractivity contribution in [2.45, 2.75) is 32.7 Å². The second kappa shape index (κ2) is 6.91. The molecule has 4 heteroatoms. The van der Waals surface area contributed by atoms with Crippen LogP contribution in [0.5, 0.6) is 0 Å². The van der Waals surface area contributed by atoms with E-state index in [1.807, 2.05) is 11.7 Å². The molecule has 2 aromatic rings. The molecule has 0 radical (unpaired) electrons. The van der Waals surface area contributed by atoms with Crippen LogP contribution in [0, 0.1) is 0 Å². The van der Waals surface area contributed by atoms with Crippen LogP contribution < -0.4 is 5.32 Å². The summed E-state index contributed by atoms with van der Waals surface area (Å²) in [4.78, 5) is 0. The van der Waals surface area contributed by atoms with Crippen molar-refractivity contribution in [2.75, 3.05) is 6.54 Å². The third kappa shape index (κ3) is 3.05. The van der Waals surface area contributed by atoms with E-state index >= 15 is 0 Å². The lowest BCUT2D eigenvalue weighted by molar-refractivity contribution is 0.551. The summed E-state index contributed by atoms with van der Waals surface area (Å²) in [7, 11) is 1.94. The Morgan fingerprint density at radius 2 is 2.05 bits per heavy atom. The molecule has 0 aliphatic rings. The maximum Gasteiger partial charge on any atom is 0.0837 e. The Kier molecular flexibility index (Phi) is 5.21. The second-order valence-corrected chi connectivity index (χ2v) is 5.35. The number of rotatable bonds is 6. The number of aromatic nitrogens is 2. The minimum Gasteiger partial charge on any atom is -0.305 e. The number of nitrogens with zero attached hydrogens (tertiary/aromatic N) is 2. The smallest absolute Gasteiger partial charge is 0.0837 e. The maximum atomic E-state index is 6.34. The van der Waals surface area contributed by atoms with Crippen LogP contribution in [0.15, 0.2) is 30.5 Å². The molecule has 0 saturated carbocycles. The van der Waals surface area contributed by atoms with Crippen LogP contribution in [0.1, 0.15) is 43.1 Å². The maximum absolute atomic E-state index is 6.34. The Balaban J connectivity index is 2.47. The van der Waals surface area contributed by atoms with Gasteiger partial charge >= 0.3 is 0 Å². The van der Waals surface area contributed by atoms with Gasteiger partial charge in [-0.05, 0) is 30.5 Å². The highest BCUT2D eigenvalue weighted by Gasteiger charge is 2.22. The highest BCUT2D eigenvalue weighted by Crippen LogP contribution is 2.30. The van der Waals surface area contributed by atoms with Crippen molar-refractivity contribution >= 4 is 11.6 Å². The summed E-state index contributed by atoms with van der Waals surface area (Å²) in [6.45, 7) is 5.30. The molecule has 0 aliphatic carbocycles. The quantitative estimate of drug-likeness (QED) is 0.879. The molecule has 0 aliphatic heterocycles. The van der Waals surface area contributed by atoms with Gasteiger partial charge in [-0.3, -0.25) is 4.68 Å². The molecule has 1 atom stereocenters. The van der Waals surface area contributed by atoms with Gasteiger partial charge in [-0.25, -0.2) is 0 Å². The Bertz CT molecular complexity index is 543. The molecule has 1 aromatic carbocycles. The number of hydrogen-bond acceptors (Lipinski definition) is 2. The molecular formula is C16H22ClN3. The normalized spacial score (nSPS) is 12.6. The lowest BCUT2D eigenvalue weighted by Gasteiger charge is -2.22.